The fourth-order valence-corrected chi connectivity index (χ4v) is 7.84. The number of benzene rings is 2. The third-order valence-corrected chi connectivity index (χ3v) is 11.2. The van der Waals surface area contributed by atoms with Gasteiger partial charge in [0.1, 0.15) is 9.96 Å². The third kappa shape index (κ3) is 8.96. The van der Waals surface area contributed by atoms with Crippen LogP contribution >= 0.6 is 11.3 Å². The van der Waals surface area contributed by atoms with E-state index in [4.69, 9.17) is 18.9 Å². The molecule has 0 spiro atoms. The second kappa shape index (κ2) is 15.7. The summed E-state index contributed by atoms with van der Waals surface area (Å²) in [4.78, 5) is 18.2. The number of rotatable bonds is 9. The Hall–Kier alpha value is -3.36. The minimum absolute atomic E-state index is 0.0982. The Kier molecular flexibility index (Phi) is 11.7. The van der Waals surface area contributed by atoms with Gasteiger partial charge in [0.15, 0.2) is 11.5 Å². The van der Waals surface area contributed by atoms with Crippen LogP contribution in [0.4, 0.5) is 5.69 Å². The Morgan fingerprint density at radius 1 is 1.09 bits per heavy atom. The molecule has 11 nitrogen and oxygen atoms in total. The van der Waals surface area contributed by atoms with E-state index in [1.54, 1.807) is 35.4 Å². The van der Waals surface area contributed by atoms with Gasteiger partial charge >= 0.3 is 0 Å². The fraction of sp³-hybridized carbons (Fsp3) is 0.500. The lowest BCUT2D eigenvalue weighted by Crippen LogP contribution is -2.47. The van der Waals surface area contributed by atoms with Crippen molar-refractivity contribution in [3.8, 4) is 17.2 Å². The van der Waals surface area contributed by atoms with Crippen LogP contribution in [0.15, 0.2) is 58.1 Å². The number of amides is 1. The normalized spacial score (nSPS) is 21.5. The Bertz CT molecular complexity index is 1600. The maximum Gasteiger partial charge on any atom is 0.271 e. The Morgan fingerprint density at radius 2 is 1.87 bits per heavy atom. The van der Waals surface area contributed by atoms with E-state index in [0.717, 1.165) is 47.7 Å². The summed E-state index contributed by atoms with van der Waals surface area (Å²) in [6.45, 7) is 7.97. The molecule has 13 heteroatoms. The topological polar surface area (TPSA) is 127 Å². The highest BCUT2D eigenvalue weighted by molar-refractivity contribution is 7.94. The number of nitrogens with one attached hydrogen (secondary N) is 1. The lowest BCUT2D eigenvalue weighted by atomic mass is 10.0. The molecule has 3 heterocycles. The summed E-state index contributed by atoms with van der Waals surface area (Å²) in [5.74, 6) is 1.40. The molecule has 1 amide bonds. The molecule has 0 saturated heterocycles. The van der Waals surface area contributed by atoms with Crippen molar-refractivity contribution in [3.05, 3.63) is 65.0 Å². The molecule has 0 aliphatic carbocycles. The van der Waals surface area contributed by atoms with E-state index in [9.17, 15) is 18.3 Å². The third-order valence-electron chi connectivity index (χ3n) is 8.44. The minimum Gasteiger partial charge on any atom is -0.490 e. The van der Waals surface area contributed by atoms with Crippen LogP contribution in [0.1, 0.15) is 56.0 Å². The number of sulfonamides is 1. The quantitative estimate of drug-likeness (QED) is 0.312. The Morgan fingerprint density at radius 3 is 2.64 bits per heavy atom. The summed E-state index contributed by atoms with van der Waals surface area (Å²) in [6, 6.07) is 13.4. The van der Waals surface area contributed by atoms with E-state index in [-0.39, 0.29) is 52.9 Å². The number of hydrogen-bond donors (Lipinski definition) is 2. The van der Waals surface area contributed by atoms with Gasteiger partial charge in [-0.3, -0.25) is 14.4 Å². The predicted molar refractivity (Wildman–Crippen MR) is 181 cm³/mol. The van der Waals surface area contributed by atoms with Crippen LogP contribution in [0.25, 0.3) is 0 Å². The molecule has 0 fully saturated rings. The maximum atomic E-state index is 14.4. The lowest BCUT2D eigenvalue weighted by Gasteiger charge is -2.36. The molecule has 4 atom stereocenters. The van der Waals surface area contributed by atoms with Crippen LogP contribution in [0.2, 0.25) is 0 Å². The van der Waals surface area contributed by atoms with Crippen molar-refractivity contribution in [2.75, 3.05) is 44.9 Å². The zero-order chi connectivity index (χ0) is 33.6. The van der Waals surface area contributed by atoms with Crippen LogP contribution in [-0.2, 0) is 21.3 Å². The highest BCUT2D eigenvalue weighted by atomic mass is 32.2. The van der Waals surface area contributed by atoms with E-state index >= 15 is 0 Å². The molecule has 0 unspecified atom stereocenters. The zero-order valence-corrected chi connectivity index (χ0v) is 29.0. The van der Waals surface area contributed by atoms with E-state index < -0.39 is 16.1 Å². The first-order valence-corrected chi connectivity index (χ1v) is 18.4. The highest BCUT2D eigenvalue weighted by Crippen LogP contribution is 2.33. The number of nitrogens with zero attached hydrogens (tertiary/aromatic N) is 2. The van der Waals surface area contributed by atoms with E-state index in [1.165, 1.54) is 12.1 Å². The first-order chi connectivity index (χ1) is 22.5. The van der Waals surface area contributed by atoms with Crippen LogP contribution in [0, 0.1) is 5.92 Å². The largest absolute Gasteiger partial charge is 0.490 e. The number of anilines is 1. The summed E-state index contributed by atoms with van der Waals surface area (Å²) < 4.78 is 52.5. The molecule has 0 radical (unpaired) electrons. The van der Waals surface area contributed by atoms with E-state index in [2.05, 4.69) is 16.5 Å². The molecule has 1 aromatic heterocycles. The van der Waals surface area contributed by atoms with Gasteiger partial charge in [-0.15, -0.1) is 11.3 Å². The second-order valence-corrected chi connectivity index (χ2v) is 15.3. The number of aliphatic hydroxyl groups is 1. The average molecular weight is 688 g/mol. The molecule has 3 aromatic rings. The SMILES string of the molecule is C[C@@H]1CN([C@H](C)CO)C(=O)c2cc(NS(=O)(=O)c3cccs3)ccc2O[C@@H](C)CCCCO[C@@H]1CN(C)Cc1ccc2c(c1)OCO2. The molecule has 5 rings (SSSR count). The van der Waals surface area contributed by atoms with Gasteiger partial charge in [0.05, 0.1) is 30.4 Å². The number of carbonyl (C=O) groups excluding carboxylic acids is 1. The minimum atomic E-state index is -3.83. The average Bonchev–Trinajstić information content (AvgIpc) is 3.75. The van der Waals surface area contributed by atoms with Crippen LogP contribution < -0.4 is 18.9 Å². The van der Waals surface area contributed by atoms with Crippen LogP contribution in [0.3, 0.4) is 0 Å². The summed E-state index contributed by atoms with van der Waals surface area (Å²) in [5, 5.41) is 11.9. The summed E-state index contributed by atoms with van der Waals surface area (Å²) in [5.41, 5.74) is 1.57. The van der Waals surface area contributed by atoms with Gasteiger partial charge in [0, 0.05) is 37.8 Å². The molecular formula is C34H45N3O8S2. The molecule has 0 saturated carbocycles. The lowest BCUT2D eigenvalue weighted by molar-refractivity contribution is -0.0177. The van der Waals surface area contributed by atoms with Crippen LogP contribution in [0.5, 0.6) is 17.2 Å². The maximum absolute atomic E-state index is 14.4. The number of hydrogen-bond acceptors (Lipinski definition) is 10. The molecule has 256 valence electrons. The van der Waals surface area contributed by atoms with Crippen molar-refractivity contribution >= 4 is 33.0 Å². The number of fused-ring (bicyclic) bond motifs is 2. The highest BCUT2D eigenvalue weighted by Gasteiger charge is 2.31. The fourth-order valence-electron chi connectivity index (χ4n) is 5.79. The van der Waals surface area contributed by atoms with Crippen molar-refractivity contribution in [2.24, 2.45) is 5.92 Å². The molecular weight excluding hydrogens is 643 g/mol. The van der Waals surface area contributed by atoms with Gasteiger partial charge in [0.25, 0.3) is 15.9 Å². The van der Waals surface area contributed by atoms with Gasteiger partial charge in [-0.05, 0) is 87.5 Å². The summed E-state index contributed by atoms with van der Waals surface area (Å²) in [6.07, 6.45) is 2.10. The van der Waals surface area contributed by atoms with Crippen molar-refractivity contribution < 1.29 is 37.3 Å². The van der Waals surface area contributed by atoms with Crippen molar-refractivity contribution in [1.82, 2.24) is 9.80 Å². The number of carbonyl (C=O) groups is 1. The molecule has 2 aliphatic heterocycles. The second-order valence-electron chi connectivity index (χ2n) is 12.4. The zero-order valence-electron chi connectivity index (χ0n) is 27.4. The van der Waals surface area contributed by atoms with Gasteiger partial charge in [-0.2, -0.15) is 0 Å². The summed E-state index contributed by atoms with van der Waals surface area (Å²) >= 11 is 1.11. The van der Waals surface area contributed by atoms with Crippen molar-refractivity contribution in [2.45, 2.75) is 69.0 Å². The standard InChI is InChI=1S/C34H45N3O8S2/c1-23-18-37(24(2)21-38)34(39)28-17-27(35-47(40,41)33-9-7-15-46-33)11-13-29(28)45-25(3)8-5-6-14-42-32(23)20-36(4)19-26-10-12-30-31(16-26)44-22-43-30/h7,9-13,15-17,23-25,32,35,38H,5-6,8,14,18-22H2,1-4H3/t23-,24-,25+,32-/m1/s1. The number of aliphatic hydroxyl groups excluding tert-OH is 1. The molecule has 0 bridgehead atoms. The predicted octanol–water partition coefficient (Wildman–Crippen LogP) is 5.21. The molecule has 2 N–H and O–H groups in total. The molecule has 2 aromatic carbocycles. The number of likely N-dealkylation sites (N-methyl/N-ethyl adjacent to an activating group) is 1. The van der Waals surface area contributed by atoms with Crippen molar-refractivity contribution in [3.63, 3.8) is 0 Å². The van der Waals surface area contributed by atoms with Crippen molar-refractivity contribution in [1.29, 1.82) is 0 Å². The summed E-state index contributed by atoms with van der Waals surface area (Å²) in [7, 11) is -1.79. The van der Waals surface area contributed by atoms with E-state index in [0.29, 0.717) is 32.0 Å². The number of ether oxygens (including phenoxy) is 4. The first-order valence-electron chi connectivity index (χ1n) is 16.0. The number of thiophene rings is 1. The first kappa shape index (κ1) is 35.0. The molecule has 47 heavy (non-hydrogen) atoms. The Labute approximate surface area is 281 Å². The van der Waals surface area contributed by atoms with E-state index in [1.807, 2.05) is 32.2 Å². The van der Waals surface area contributed by atoms with Gasteiger partial charge in [-0.1, -0.05) is 19.1 Å². The van der Waals surface area contributed by atoms with Crippen LogP contribution in [-0.4, -0.2) is 87.6 Å². The van der Waals surface area contributed by atoms with Gasteiger partial charge in [-0.25, -0.2) is 8.42 Å². The smallest absolute Gasteiger partial charge is 0.271 e. The molecule has 2 aliphatic rings. The van der Waals surface area contributed by atoms with Gasteiger partial charge in [0.2, 0.25) is 6.79 Å². The monoisotopic (exact) mass is 687 g/mol. The van der Waals surface area contributed by atoms with Gasteiger partial charge < -0.3 is 29.0 Å². The Balaban J connectivity index is 1.40.